The molecule has 0 fully saturated rings. The number of rotatable bonds is 8. The average Bonchev–Trinajstić information content (AvgIpc) is 2.39. The van der Waals surface area contributed by atoms with E-state index in [1.54, 1.807) is 0 Å². The van der Waals surface area contributed by atoms with E-state index in [2.05, 4.69) is 61.1 Å². The van der Waals surface area contributed by atoms with Crippen LogP contribution in [0.25, 0.3) is 0 Å². The predicted molar refractivity (Wildman–Crippen MR) is 85.7 cm³/mol. The lowest BCUT2D eigenvalue weighted by Crippen LogP contribution is -2.22. The molecule has 0 amide bonds. The minimum atomic E-state index is 0.478. The van der Waals surface area contributed by atoms with Crippen molar-refractivity contribution < 1.29 is 4.74 Å². The molecule has 1 aromatic rings. The quantitative estimate of drug-likeness (QED) is 0.743. The summed E-state index contributed by atoms with van der Waals surface area (Å²) < 4.78 is 7.10. The maximum atomic E-state index is 6.06. The summed E-state index contributed by atoms with van der Waals surface area (Å²) in [5, 5.41) is 3.44. The second-order valence-corrected chi connectivity index (χ2v) is 6.11. The third-order valence-electron chi connectivity index (χ3n) is 3.37. The molecule has 3 heteroatoms. The molecule has 1 rings (SSSR count). The van der Waals surface area contributed by atoms with Crippen molar-refractivity contribution in [3.8, 4) is 5.75 Å². The molecular weight excluding hydrogens is 302 g/mol. The highest BCUT2D eigenvalue weighted by Gasteiger charge is 2.11. The Bertz CT molecular complexity index is 375. The van der Waals surface area contributed by atoms with Crippen molar-refractivity contribution in [2.24, 2.45) is 5.92 Å². The van der Waals surface area contributed by atoms with Crippen molar-refractivity contribution in [3.63, 3.8) is 0 Å². The van der Waals surface area contributed by atoms with E-state index in [9.17, 15) is 0 Å². The van der Waals surface area contributed by atoms with E-state index in [4.69, 9.17) is 4.74 Å². The number of ether oxygens (including phenoxy) is 1. The lowest BCUT2D eigenvalue weighted by atomic mass is 10.1. The fraction of sp³-hybridized carbons (Fsp3) is 0.625. The van der Waals surface area contributed by atoms with Crippen LogP contribution in [0.4, 0.5) is 0 Å². The zero-order valence-corrected chi connectivity index (χ0v) is 14.1. The summed E-state index contributed by atoms with van der Waals surface area (Å²) in [5.74, 6) is 1.63. The molecule has 0 saturated heterocycles. The molecule has 2 nitrogen and oxygen atoms in total. The van der Waals surface area contributed by atoms with Crippen LogP contribution in [0.2, 0.25) is 0 Å². The fourth-order valence-electron chi connectivity index (χ4n) is 1.89. The van der Waals surface area contributed by atoms with Crippen LogP contribution in [0.15, 0.2) is 22.7 Å². The Labute approximate surface area is 126 Å². The summed E-state index contributed by atoms with van der Waals surface area (Å²) in [5.41, 5.74) is 1.22. The van der Waals surface area contributed by atoms with Gasteiger partial charge in [0.2, 0.25) is 0 Å². The van der Waals surface area contributed by atoms with E-state index in [0.29, 0.717) is 12.0 Å². The van der Waals surface area contributed by atoms with Gasteiger partial charge in [-0.05, 0) is 27.9 Å². The molecule has 0 atom stereocenters. The highest BCUT2D eigenvalue weighted by molar-refractivity contribution is 9.10. The molecule has 0 spiro atoms. The number of hydrogen-bond donors (Lipinski definition) is 1. The van der Waals surface area contributed by atoms with Gasteiger partial charge in [-0.25, -0.2) is 0 Å². The minimum absolute atomic E-state index is 0.478. The van der Waals surface area contributed by atoms with Gasteiger partial charge in [-0.15, -0.1) is 0 Å². The summed E-state index contributed by atoms with van der Waals surface area (Å²) in [6, 6.07) is 6.71. The van der Waals surface area contributed by atoms with Gasteiger partial charge in [0, 0.05) is 18.2 Å². The first kappa shape index (κ1) is 16.5. The van der Waals surface area contributed by atoms with Crippen LogP contribution >= 0.6 is 15.9 Å². The molecule has 0 aromatic heterocycles. The third-order valence-corrected chi connectivity index (χ3v) is 3.99. The molecule has 0 heterocycles. The first-order valence-electron chi connectivity index (χ1n) is 7.22. The summed E-state index contributed by atoms with van der Waals surface area (Å²) in [4.78, 5) is 0. The number of benzene rings is 1. The molecule has 108 valence electrons. The van der Waals surface area contributed by atoms with Crippen LogP contribution in [0, 0.1) is 5.92 Å². The molecule has 0 aliphatic rings. The SMILES string of the molecule is CCC(CC)COc1c(Br)cccc1CNC(C)C. The average molecular weight is 328 g/mol. The molecular formula is C16H26BrNO. The van der Waals surface area contributed by atoms with Gasteiger partial charge in [0.1, 0.15) is 5.75 Å². The molecule has 0 saturated carbocycles. The molecule has 0 unspecified atom stereocenters. The lowest BCUT2D eigenvalue weighted by molar-refractivity contribution is 0.237. The van der Waals surface area contributed by atoms with Crippen molar-refractivity contribution >= 4 is 15.9 Å². The Kier molecular flexibility index (Phi) is 7.47. The van der Waals surface area contributed by atoms with Gasteiger partial charge < -0.3 is 10.1 Å². The Morgan fingerprint density at radius 1 is 1.21 bits per heavy atom. The van der Waals surface area contributed by atoms with Crippen LogP contribution in [0.5, 0.6) is 5.75 Å². The topological polar surface area (TPSA) is 21.3 Å². The molecule has 0 aliphatic heterocycles. The number of halogens is 1. The fourth-order valence-corrected chi connectivity index (χ4v) is 2.42. The van der Waals surface area contributed by atoms with Crippen molar-refractivity contribution in [2.45, 2.75) is 53.1 Å². The van der Waals surface area contributed by atoms with E-state index < -0.39 is 0 Å². The first-order valence-corrected chi connectivity index (χ1v) is 8.01. The predicted octanol–water partition coefficient (Wildman–Crippen LogP) is 4.76. The monoisotopic (exact) mass is 327 g/mol. The third kappa shape index (κ3) is 5.53. The Morgan fingerprint density at radius 2 is 1.89 bits per heavy atom. The van der Waals surface area contributed by atoms with E-state index in [0.717, 1.165) is 23.4 Å². The normalized spacial score (nSPS) is 11.3. The number of hydrogen-bond acceptors (Lipinski definition) is 2. The van der Waals surface area contributed by atoms with Gasteiger partial charge in [-0.3, -0.25) is 0 Å². The summed E-state index contributed by atoms with van der Waals surface area (Å²) in [6.45, 7) is 10.4. The number of para-hydroxylation sites is 1. The van der Waals surface area contributed by atoms with Gasteiger partial charge in [-0.2, -0.15) is 0 Å². The van der Waals surface area contributed by atoms with E-state index in [-0.39, 0.29) is 0 Å². The van der Waals surface area contributed by atoms with Crippen LogP contribution in [-0.2, 0) is 6.54 Å². The zero-order valence-electron chi connectivity index (χ0n) is 12.5. The Balaban J connectivity index is 2.73. The Morgan fingerprint density at radius 3 is 2.47 bits per heavy atom. The minimum Gasteiger partial charge on any atom is -0.492 e. The molecule has 19 heavy (non-hydrogen) atoms. The van der Waals surface area contributed by atoms with Crippen molar-refractivity contribution in [2.75, 3.05) is 6.61 Å². The second kappa shape index (κ2) is 8.60. The molecule has 0 aliphatic carbocycles. The maximum absolute atomic E-state index is 6.06. The summed E-state index contributed by atoms with van der Waals surface area (Å²) >= 11 is 3.60. The van der Waals surface area contributed by atoms with Crippen molar-refractivity contribution in [3.05, 3.63) is 28.2 Å². The molecule has 0 bridgehead atoms. The van der Waals surface area contributed by atoms with Crippen LogP contribution in [0.1, 0.15) is 46.1 Å². The summed E-state index contributed by atoms with van der Waals surface area (Å²) in [6.07, 6.45) is 2.33. The molecule has 1 aromatic carbocycles. The number of nitrogens with one attached hydrogen (secondary N) is 1. The standard InChI is InChI=1S/C16H26BrNO/c1-5-13(6-2)11-19-16-14(10-18-12(3)4)8-7-9-15(16)17/h7-9,12-13,18H,5-6,10-11H2,1-4H3. The van der Waals surface area contributed by atoms with Gasteiger partial charge in [0.05, 0.1) is 11.1 Å². The smallest absolute Gasteiger partial charge is 0.137 e. The lowest BCUT2D eigenvalue weighted by Gasteiger charge is -2.18. The largest absolute Gasteiger partial charge is 0.492 e. The van der Waals surface area contributed by atoms with E-state index in [1.165, 1.54) is 18.4 Å². The van der Waals surface area contributed by atoms with Gasteiger partial charge >= 0.3 is 0 Å². The van der Waals surface area contributed by atoms with Crippen LogP contribution in [-0.4, -0.2) is 12.6 Å². The highest BCUT2D eigenvalue weighted by Crippen LogP contribution is 2.30. The van der Waals surface area contributed by atoms with Gasteiger partial charge in [0.25, 0.3) is 0 Å². The van der Waals surface area contributed by atoms with Crippen LogP contribution < -0.4 is 10.1 Å². The first-order chi connectivity index (χ1) is 9.08. The second-order valence-electron chi connectivity index (χ2n) is 5.26. The summed E-state index contributed by atoms with van der Waals surface area (Å²) in [7, 11) is 0. The van der Waals surface area contributed by atoms with Crippen molar-refractivity contribution in [1.82, 2.24) is 5.32 Å². The highest BCUT2D eigenvalue weighted by atomic mass is 79.9. The van der Waals surface area contributed by atoms with Crippen molar-refractivity contribution in [1.29, 1.82) is 0 Å². The zero-order chi connectivity index (χ0) is 14.3. The molecule has 0 radical (unpaired) electrons. The van der Waals surface area contributed by atoms with Crippen LogP contribution in [0.3, 0.4) is 0 Å². The maximum Gasteiger partial charge on any atom is 0.137 e. The molecule has 1 N–H and O–H groups in total. The van der Waals surface area contributed by atoms with Gasteiger partial charge in [-0.1, -0.05) is 52.7 Å². The van der Waals surface area contributed by atoms with E-state index in [1.807, 2.05) is 6.07 Å². The Hall–Kier alpha value is -0.540. The van der Waals surface area contributed by atoms with E-state index >= 15 is 0 Å². The van der Waals surface area contributed by atoms with Gasteiger partial charge in [0.15, 0.2) is 0 Å².